The fourth-order valence-corrected chi connectivity index (χ4v) is 0. The fraction of sp³-hybridized carbons (Fsp3) is 0. The van der Waals surface area contributed by atoms with Crippen molar-refractivity contribution >= 4 is 48.9 Å². The SMILES string of the molecule is [Ba+2].[H-].[H-].[La].[O]=[Cr]. The molecular formula is H2BaCrLaO. The van der Waals surface area contributed by atoms with Crippen LogP contribution in [0.4, 0.5) is 0 Å². The van der Waals surface area contributed by atoms with Gasteiger partial charge in [0.1, 0.15) is 0 Å². The van der Waals surface area contributed by atoms with Gasteiger partial charge >= 0.3 is 68.9 Å². The monoisotopic (exact) mass is 347 g/mol. The van der Waals surface area contributed by atoms with Gasteiger partial charge < -0.3 is 2.85 Å². The molecule has 0 heterocycles. The zero-order valence-electron chi connectivity index (χ0n) is 4.10. The van der Waals surface area contributed by atoms with E-state index in [1.54, 1.807) is 0 Å². The maximum absolute atomic E-state index is 8.12. The van der Waals surface area contributed by atoms with Crippen LogP contribution in [-0.4, -0.2) is 48.9 Å². The molecule has 4 heteroatoms. The molecule has 0 aromatic carbocycles. The van der Waals surface area contributed by atoms with Crippen LogP contribution in [0, 0.1) is 35.6 Å². The minimum absolute atomic E-state index is 0. The van der Waals surface area contributed by atoms with Crippen molar-refractivity contribution in [2.24, 2.45) is 0 Å². The van der Waals surface area contributed by atoms with Gasteiger partial charge in [-0.1, -0.05) is 0 Å². The molecule has 0 aromatic rings. The molecule has 0 bridgehead atoms. The molecule has 1 nitrogen and oxygen atoms in total. The quantitative estimate of drug-likeness (QED) is 0.552. The molecule has 0 unspecified atom stereocenters. The van der Waals surface area contributed by atoms with Gasteiger partial charge in [0.15, 0.2) is 0 Å². The second-order valence-electron chi connectivity index (χ2n) is 0. The van der Waals surface area contributed by atoms with Gasteiger partial charge in [-0.25, -0.2) is 0 Å². The van der Waals surface area contributed by atoms with Gasteiger partial charge in [0.25, 0.3) is 0 Å². The van der Waals surface area contributed by atoms with Crippen LogP contribution < -0.4 is 0 Å². The van der Waals surface area contributed by atoms with Crippen molar-refractivity contribution in [3.05, 3.63) is 0 Å². The summed E-state index contributed by atoms with van der Waals surface area (Å²) in [5.74, 6) is 0. The molecule has 0 aliphatic rings. The first-order valence-electron chi connectivity index (χ1n) is 0.167. The second-order valence-corrected chi connectivity index (χ2v) is 0. The van der Waals surface area contributed by atoms with Crippen LogP contribution in [0.3, 0.4) is 0 Å². The molecule has 1 radical (unpaired) electrons. The summed E-state index contributed by atoms with van der Waals surface area (Å²) in [6, 6.07) is 0. The van der Waals surface area contributed by atoms with Crippen molar-refractivity contribution in [2.45, 2.75) is 0 Å². The third kappa shape index (κ3) is 8.92. The van der Waals surface area contributed by atoms with Crippen LogP contribution in [0.15, 0.2) is 0 Å². The zero-order chi connectivity index (χ0) is 2.00. The first-order valence-corrected chi connectivity index (χ1v) is 0.687. The van der Waals surface area contributed by atoms with Gasteiger partial charge in [0, 0.05) is 35.6 Å². The van der Waals surface area contributed by atoms with Crippen molar-refractivity contribution in [3.63, 3.8) is 0 Å². The van der Waals surface area contributed by atoms with E-state index < -0.39 is 0 Å². The minimum atomic E-state index is 0. The Morgan fingerprint density at radius 3 is 1.50 bits per heavy atom. The first kappa shape index (κ1) is 15.7. The Balaban J connectivity index is -0.000000000833. The zero-order valence-corrected chi connectivity index (χ0v) is 11.4. The predicted molar refractivity (Wildman–Crippen MR) is 8.66 cm³/mol. The van der Waals surface area contributed by atoms with E-state index in [1.165, 1.54) is 16.2 Å². The third-order valence-corrected chi connectivity index (χ3v) is 0. The van der Waals surface area contributed by atoms with Crippen molar-refractivity contribution < 1.29 is 58.5 Å². The molecule has 0 N–H and O–H groups in total. The predicted octanol–water partition coefficient (Wildman–Crippen LogP) is -0.277. The van der Waals surface area contributed by atoms with E-state index in [0.29, 0.717) is 0 Å². The molecule has 0 amide bonds. The van der Waals surface area contributed by atoms with E-state index in [4.69, 9.17) is 3.80 Å². The number of rotatable bonds is 0. The summed E-state index contributed by atoms with van der Waals surface area (Å²) in [5, 5.41) is 0. The topological polar surface area (TPSA) is 17.1 Å². The van der Waals surface area contributed by atoms with Gasteiger partial charge in [-0.2, -0.15) is 0 Å². The molecule has 0 aromatic heterocycles. The summed E-state index contributed by atoms with van der Waals surface area (Å²) in [6.07, 6.45) is 0. The van der Waals surface area contributed by atoms with Crippen LogP contribution in [0.5, 0.6) is 0 Å². The number of hydrogen-bond acceptors (Lipinski definition) is 1. The van der Waals surface area contributed by atoms with Gasteiger partial charge in [-0.3, -0.25) is 0 Å². The molecular weight excluding hydrogens is 344 g/mol. The van der Waals surface area contributed by atoms with Gasteiger partial charge in [0.2, 0.25) is 0 Å². The Kier molecular flexibility index (Phi) is 64.9. The summed E-state index contributed by atoms with van der Waals surface area (Å²) < 4.78 is 8.12. The van der Waals surface area contributed by atoms with Crippen molar-refractivity contribution in [1.82, 2.24) is 0 Å². The van der Waals surface area contributed by atoms with E-state index >= 15 is 0 Å². The molecule has 0 rings (SSSR count). The molecule has 0 aliphatic carbocycles. The molecule has 0 aliphatic heterocycles. The summed E-state index contributed by atoms with van der Waals surface area (Å²) in [6.45, 7) is 0. The Hall–Kier alpha value is 3.10. The van der Waals surface area contributed by atoms with Crippen molar-refractivity contribution in [2.75, 3.05) is 0 Å². The van der Waals surface area contributed by atoms with Crippen LogP contribution in [-0.2, 0) is 20.0 Å². The maximum atomic E-state index is 8.12. The van der Waals surface area contributed by atoms with Crippen LogP contribution in [0.2, 0.25) is 0 Å². The normalized spacial score (nSPS) is 1.00. The standard InChI is InChI=1S/Ba.Cr.La.O.2H/q+2;;;;2*-1. The Morgan fingerprint density at radius 1 is 1.50 bits per heavy atom. The molecule has 19 valence electrons. The van der Waals surface area contributed by atoms with Crippen molar-refractivity contribution in [1.29, 1.82) is 0 Å². The Bertz CT molecular complexity index is 13.5. The summed E-state index contributed by atoms with van der Waals surface area (Å²) >= 11 is 1.38. The molecule has 0 spiro atoms. The third-order valence-electron chi connectivity index (χ3n) is 0. The molecule has 0 saturated heterocycles. The summed E-state index contributed by atoms with van der Waals surface area (Å²) in [4.78, 5) is 0. The average Bonchev–Trinajstić information content (AvgIpc) is 1.00. The van der Waals surface area contributed by atoms with E-state index in [0.717, 1.165) is 0 Å². The Morgan fingerprint density at radius 2 is 1.50 bits per heavy atom. The van der Waals surface area contributed by atoms with E-state index in [1.807, 2.05) is 0 Å². The summed E-state index contributed by atoms with van der Waals surface area (Å²) in [5.41, 5.74) is 0. The van der Waals surface area contributed by atoms with Gasteiger partial charge in [-0.05, 0) is 0 Å². The molecule has 0 fully saturated rings. The van der Waals surface area contributed by atoms with Crippen LogP contribution in [0.1, 0.15) is 2.85 Å². The van der Waals surface area contributed by atoms with E-state index in [2.05, 4.69) is 0 Å². The molecule has 4 heavy (non-hydrogen) atoms. The van der Waals surface area contributed by atoms with E-state index in [-0.39, 0.29) is 87.3 Å². The van der Waals surface area contributed by atoms with Gasteiger partial charge in [-0.15, -0.1) is 0 Å². The van der Waals surface area contributed by atoms with E-state index in [9.17, 15) is 0 Å². The fourth-order valence-electron chi connectivity index (χ4n) is 0. The first-order chi connectivity index (χ1) is 1.00. The van der Waals surface area contributed by atoms with Crippen molar-refractivity contribution in [3.8, 4) is 0 Å². The summed E-state index contributed by atoms with van der Waals surface area (Å²) in [7, 11) is 0. The van der Waals surface area contributed by atoms with Gasteiger partial charge in [0.05, 0.1) is 0 Å². The van der Waals surface area contributed by atoms with Crippen LogP contribution >= 0.6 is 0 Å². The van der Waals surface area contributed by atoms with Crippen LogP contribution in [0.25, 0.3) is 0 Å². The number of hydrogen-bond donors (Lipinski definition) is 0. The average molecular weight is 346 g/mol. The molecule has 0 atom stereocenters. The molecule has 0 saturated carbocycles. The Labute approximate surface area is 105 Å². The second kappa shape index (κ2) is 16.5.